The first-order chi connectivity index (χ1) is 16.2. The van der Waals surface area contributed by atoms with Gasteiger partial charge in [-0.05, 0) is 82.7 Å². The molecule has 1 fully saturated rings. The smallest absolute Gasteiger partial charge is 0.405 e. The monoisotopic (exact) mass is 503 g/mol. The van der Waals surface area contributed by atoms with E-state index in [-0.39, 0.29) is 28.2 Å². The second-order valence-electron chi connectivity index (χ2n) is 10.5. The van der Waals surface area contributed by atoms with Gasteiger partial charge in [-0.25, -0.2) is 0 Å². The highest BCUT2D eigenvalue weighted by Gasteiger charge is 2.38. The number of benzene rings is 2. The molecule has 4 nitrogen and oxygen atoms in total. The number of carbonyl (C=O) groups excluding carboxylic acids is 2. The number of fused-ring (bicyclic) bond motifs is 1. The van der Waals surface area contributed by atoms with Gasteiger partial charge in [-0.15, -0.1) is 24.9 Å². The zero-order chi connectivity index (χ0) is 25.8. The van der Waals surface area contributed by atoms with Gasteiger partial charge in [0.15, 0.2) is 0 Å². The SMILES string of the molecule is Cc1cc2c(cc1-c1cc(/C=C3\SCC(=O)NC3=O)ccc1OC(F)(F)F)C(C)(C)CCC2(C)C. The first-order valence-corrected chi connectivity index (χ1v) is 12.4. The summed E-state index contributed by atoms with van der Waals surface area (Å²) >= 11 is 1.10. The third kappa shape index (κ3) is 5.27. The highest BCUT2D eigenvalue weighted by Crippen LogP contribution is 2.48. The molecule has 1 saturated heterocycles. The summed E-state index contributed by atoms with van der Waals surface area (Å²) in [6.07, 6.45) is -1.27. The van der Waals surface area contributed by atoms with Crippen LogP contribution in [0.3, 0.4) is 0 Å². The maximum absolute atomic E-state index is 13.3. The molecule has 2 amide bonds. The highest BCUT2D eigenvalue weighted by molar-refractivity contribution is 8.04. The zero-order valence-electron chi connectivity index (χ0n) is 20.4. The lowest BCUT2D eigenvalue weighted by molar-refractivity contribution is -0.274. The maximum atomic E-state index is 13.3. The average Bonchev–Trinajstić information content (AvgIpc) is 2.73. The van der Waals surface area contributed by atoms with Gasteiger partial charge < -0.3 is 4.74 Å². The minimum absolute atomic E-state index is 0.0330. The van der Waals surface area contributed by atoms with Crippen LogP contribution in [0.4, 0.5) is 13.2 Å². The number of hydrogen-bond acceptors (Lipinski definition) is 4. The quantitative estimate of drug-likeness (QED) is 0.377. The fourth-order valence-electron chi connectivity index (χ4n) is 4.77. The molecule has 35 heavy (non-hydrogen) atoms. The van der Waals surface area contributed by atoms with E-state index in [0.717, 1.165) is 35.7 Å². The number of rotatable bonds is 3. The van der Waals surface area contributed by atoms with Gasteiger partial charge in [0.2, 0.25) is 5.91 Å². The molecule has 0 aromatic heterocycles. The third-order valence-electron chi connectivity index (χ3n) is 6.85. The molecule has 0 radical (unpaired) electrons. The molecule has 2 aromatic carbocycles. The first kappa shape index (κ1) is 25.4. The van der Waals surface area contributed by atoms with Crippen molar-refractivity contribution in [2.45, 2.75) is 64.7 Å². The van der Waals surface area contributed by atoms with Crippen LogP contribution in [0.1, 0.15) is 62.8 Å². The number of halogens is 3. The molecule has 0 saturated carbocycles. The molecule has 1 N–H and O–H groups in total. The Bertz CT molecular complexity index is 1240. The lowest BCUT2D eigenvalue weighted by atomic mass is 9.62. The number of alkyl halides is 3. The van der Waals surface area contributed by atoms with E-state index < -0.39 is 12.3 Å². The lowest BCUT2D eigenvalue weighted by Gasteiger charge is -2.42. The van der Waals surface area contributed by atoms with E-state index in [2.05, 4.69) is 43.8 Å². The summed E-state index contributed by atoms with van der Waals surface area (Å²) in [5.74, 6) is -1.08. The molecular formula is C27H28F3NO3S. The lowest BCUT2D eigenvalue weighted by Crippen LogP contribution is -2.36. The Morgan fingerprint density at radius 1 is 0.971 bits per heavy atom. The Labute approximate surface area is 207 Å². The Balaban J connectivity index is 1.88. The molecule has 0 unspecified atom stereocenters. The molecule has 186 valence electrons. The minimum Gasteiger partial charge on any atom is -0.405 e. The van der Waals surface area contributed by atoms with Crippen LogP contribution in [0.5, 0.6) is 5.75 Å². The molecule has 1 heterocycles. The summed E-state index contributed by atoms with van der Waals surface area (Å²) in [7, 11) is 0. The maximum Gasteiger partial charge on any atom is 0.573 e. The Kier molecular flexibility index (Phi) is 6.32. The van der Waals surface area contributed by atoms with E-state index in [1.165, 1.54) is 17.7 Å². The number of hydrogen-bond donors (Lipinski definition) is 1. The van der Waals surface area contributed by atoms with Crippen molar-refractivity contribution >= 4 is 29.7 Å². The zero-order valence-corrected chi connectivity index (χ0v) is 21.2. The van der Waals surface area contributed by atoms with Gasteiger partial charge in [-0.2, -0.15) is 0 Å². The fourth-order valence-corrected chi connectivity index (χ4v) is 5.53. The predicted octanol–water partition coefficient (Wildman–Crippen LogP) is 6.64. The summed E-state index contributed by atoms with van der Waals surface area (Å²) in [6.45, 7) is 10.6. The number of aryl methyl sites for hydroxylation is 1. The van der Waals surface area contributed by atoms with Gasteiger partial charge in [0, 0.05) is 5.56 Å². The number of thioether (sulfide) groups is 1. The second kappa shape index (κ2) is 8.73. The molecule has 0 atom stereocenters. The van der Waals surface area contributed by atoms with Crippen molar-refractivity contribution in [1.82, 2.24) is 5.32 Å². The van der Waals surface area contributed by atoms with E-state index >= 15 is 0 Å². The molecule has 2 aromatic rings. The van der Waals surface area contributed by atoms with Crippen LogP contribution in [-0.2, 0) is 20.4 Å². The number of nitrogens with one attached hydrogen (secondary N) is 1. The molecular weight excluding hydrogens is 475 g/mol. The predicted molar refractivity (Wildman–Crippen MR) is 132 cm³/mol. The van der Waals surface area contributed by atoms with Crippen molar-refractivity contribution in [3.05, 3.63) is 57.5 Å². The molecule has 8 heteroatoms. The largest absolute Gasteiger partial charge is 0.573 e. The van der Waals surface area contributed by atoms with Gasteiger partial charge in [-0.3, -0.25) is 14.9 Å². The van der Waals surface area contributed by atoms with Crippen molar-refractivity contribution in [3.8, 4) is 16.9 Å². The molecule has 1 aliphatic heterocycles. The van der Waals surface area contributed by atoms with E-state index in [4.69, 9.17) is 0 Å². The van der Waals surface area contributed by atoms with E-state index in [1.54, 1.807) is 12.1 Å². The van der Waals surface area contributed by atoms with Crippen LogP contribution >= 0.6 is 11.8 Å². The van der Waals surface area contributed by atoms with Crippen LogP contribution in [0.2, 0.25) is 0 Å². The Hall–Kier alpha value is -2.74. The summed E-state index contributed by atoms with van der Waals surface area (Å²) in [4.78, 5) is 23.9. The van der Waals surface area contributed by atoms with Crippen molar-refractivity contribution in [1.29, 1.82) is 0 Å². The Morgan fingerprint density at radius 2 is 1.60 bits per heavy atom. The highest BCUT2D eigenvalue weighted by atomic mass is 32.2. The van der Waals surface area contributed by atoms with Gasteiger partial charge in [0.05, 0.1) is 10.7 Å². The molecule has 0 bridgehead atoms. The topological polar surface area (TPSA) is 55.4 Å². The third-order valence-corrected chi connectivity index (χ3v) is 7.87. The van der Waals surface area contributed by atoms with Gasteiger partial charge in [-0.1, -0.05) is 39.8 Å². The first-order valence-electron chi connectivity index (χ1n) is 11.4. The Morgan fingerprint density at radius 3 is 2.20 bits per heavy atom. The molecule has 0 spiro atoms. The van der Waals surface area contributed by atoms with Crippen molar-refractivity contribution < 1.29 is 27.5 Å². The standard InChI is InChI=1S/C27H28F3NO3S/c1-15-10-19-20(26(4,5)9-8-25(19,2)3)13-17(15)18-11-16(6-7-21(18)34-27(28,29)30)12-22-24(33)31-23(32)14-35-22/h6-7,10-13H,8-9,14H2,1-5H3,(H,31,32,33)/b22-12-. The molecule has 1 aliphatic carbocycles. The normalized spacial score (nSPS) is 20.4. The fraction of sp³-hybridized carbons (Fsp3) is 0.407. The van der Waals surface area contributed by atoms with Gasteiger partial charge in [0.1, 0.15) is 5.75 Å². The van der Waals surface area contributed by atoms with Crippen LogP contribution in [0.25, 0.3) is 17.2 Å². The van der Waals surface area contributed by atoms with Crippen molar-refractivity contribution in [2.24, 2.45) is 0 Å². The van der Waals surface area contributed by atoms with E-state index in [0.29, 0.717) is 21.6 Å². The minimum atomic E-state index is -4.85. The summed E-state index contributed by atoms with van der Waals surface area (Å²) in [5.41, 5.74) is 4.53. The number of ether oxygens (including phenoxy) is 1. The summed E-state index contributed by atoms with van der Waals surface area (Å²) in [5, 5.41) is 2.26. The van der Waals surface area contributed by atoms with E-state index in [9.17, 15) is 22.8 Å². The molecule has 4 rings (SSSR count). The van der Waals surface area contributed by atoms with Crippen molar-refractivity contribution in [3.63, 3.8) is 0 Å². The molecule has 2 aliphatic rings. The van der Waals surface area contributed by atoms with Crippen LogP contribution in [0, 0.1) is 6.92 Å². The van der Waals surface area contributed by atoms with Crippen LogP contribution < -0.4 is 10.1 Å². The number of carbonyl (C=O) groups is 2. The van der Waals surface area contributed by atoms with Crippen LogP contribution in [-0.4, -0.2) is 23.9 Å². The average molecular weight is 504 g/mol. The second-order valence-corrected chi connectivity index (χ2v) is 11.5. The van der Waals surface area contributed by atoms with Gasteiger partial charge >= 0.3 is 6.36 Å². The number of amides is 2. The van der Waals surface area contributed by atoms with Gasteiger partial charge in [0.25, 0.3) is 5.91 Å². The van der Waals surface area contributed by atoms with Crippen molar-refractivity contribution in [2.75, 3.05) is 5.75 Å². The van der Waals surface area contributed by atoms with Crippen LogP contribution in [0.15, 0.2) is 35.2 Å². The van der Waals surface area contributed by atoms with E-state index in [1.807, 2.05) is 13.0 Å². The number of imide groups is 1. The summed E-state index contributed by atoms with van der Waals surface area (Å²) < 4.78 is 44.2. The summed E-state index contributed by atoms with van der Waals surface area (Å²) in [6, 6.07) is 8.45.